The van der Waals surface area contributed by atoms with Gasteiger partial charge in [-0.15, -0.1) is 0 Å². The number of nitrogens with one attached hydrogen (secondary N) is 4. The Labute approximate surface area is 163 Å². The third-order valence-electron chi connectivity index (χ3n) is 4.05. The van der Waals surface area contributed by atoms with Gasteiger partial charge >= 0.3 is 0 Å². The number of aromatic nitrogens is 1. The molecule has 0 saturated heterocycles. The third-order valence-corrected chi connectivity index (χ3v) is 4.05. The molecular formula is C21H21N5O2. The Bertz CT molecular complexity index is 914. The van der Waals surface area contributed by atoms with Gasteiger partial charge in [-0.25, -0.2) is 0 Å². The number of nitrogens with zero attached hydrogens (tertiary/aromatic N) is 1. The van der Waals surface area contributed by atoms with Gasteiger partial charge in [0.2, 0.25) is 5.91 Å². The molecule has 1 aromatic carbocycles. The van der Waals surface area contributed by atoms with Crippen molar-refractivity contribution in [3.05, 3.63) is 78.6 Å². The van der Waals surface area contributed by atoms with Gasteiger partial charge in [0.1, 0.15) is 11.2 Å². The molecule has 0 saturated carbocycles. The number of carbonyl (C=O) groups excluding carboxylic acids is 2. The molecule has 0 unspecified atom stereocenters. The first-order valence-corrected chi connectivity index (χ1v) is 8.42. The van der Waals surface area contributed by atoms with E-state index in [9.17, 15) is 9.59 Å². The molecular weight excluding hydrogens is 354 g/mol. The Morgan fingerprint density at radius 3 is 2.50 bits per heavy atom. The quantitative estimate of drug-likeness (QED) is 0.398. The summed E-state index contributed by atoms with van der Waals surface area (Å²) in [5.74, 6) is -0.841. The van der Waals surface area contributed by atoms with E-state index >= 15 is 0 Å². The molecule has 2 aromatic rings. The van der Waals surface area contributed by atoms with Gasteiger partial charge in [0.05, 0.1) is 6.42 Å². The number of hydrogen-bond donors (Lipinski definition) is 4. The van der Waals surface area contributed by atoms with Crippen LogP contribution in [0.4, 0.5) is 5.69 Å². The van der Waals surface area contributed by atoms with E-state index < -0.39 is 11.4 Å². The van der Waals surface area contributed by atoms with Gasteiger partial charge in [0.15, 0.2) is 0 Å². The second kappa shape index (κ2) is 9.18. The second-order valence-electron chi connectivity index (χ2n) is 5.94. The molecule has 28 heavy (non-hydrogen) atoms. The number of rotatable bonds is 9. The molecule has 7 nitrogen and oxygen atoms in total. The lowest BCUT2D eigenvalue weighted by Crippen LogP contribution is -2.49. The largest absolute Gasteiger partial charge is 0.332 e. The molecule has 0 atom stereocenters. The Hall–Kier alpha value is -3.87. The molecule has 0 spiro atoms. The van der Waals surface area contributed by atoms with Crippen LogP contribution in [0.2, 0.25) is 0 Å². The fourth-order valence-electron chi connectivity index (χ4n) is 2.45. The van der Waals surface area contributed by atoms with Crippen molar-refractivity contribution in [1.29, 1.82) is 10.8 Å². The summed E-state index contributed by atoms with van der Waals surface area (Å²) in [6, 6.07) is 10.5. The zero-order valence-electron chi connectivity index (χ0n) is 15.2. The minimum absolute atomic E-state index is 0.0409. The molecule has 0 aliphatic heterocycles. The number of amides is 2. The van der Waals surface area contributed by atoms with Crippen molar-refractivity contribution in [3.63, 3.8) is 0 Å². The van der Waals surface area contributed by atoms with E-state index in [4.69, 9.17) is 10.8 Å². The predicted molar refractivity (Wildman–Crippen MR) is 111 cm³/mol. The molecule has 7 heteroatoms. The smallest absolute Gasteiger partial charge is 0.271 e. The van der Waals surface area contributed by atoms with Crippen molar-refractivity contribution in [1.82, 2.24) is 10.3 Å². The normalized spacial score (nSPS) is 12.1. The van der Waals surface area contributed by atoms with Gasteiger partial charge in [-0.2, -0.15) is 0 Å². The highest BCUT2D eigenvalue weighted by molar-refractivity contribution is 6.04. The van der Waals surface area contributed by atoms with Crippen LogP contribution in [0.1, 0.15) is 21.6 Å². The standard InChI is InChI=1S/C21H21N5O2/c1-3-15-7-5-6-8-16(15)11-19(27)25-17-9-10-24-18(12-17)20(28)26-21(4-2,13-22)14-23/h3-10,12-14,22-23H,1-2,11H2,(H,26,28)(H,24,25,27). The topological polar surface area (TPSA) is 119 Å². The summed E-state index contributed by atoms with van der Waals surface area (Å²) in [7, 11) is 0. The highest BCUT2D eigenvalue weighted by atomic mass is 16.2. The molecule has 0 fully saturated rings. The van der Waals surface area contributed by atoms with E-state index in [0.717, 1.165) is 23.6 Å². The van der Waals surface area contributed by atoms with Gasteiger partial charge in [0, 0.05) is 24.3 Å². The van der Waals surface area contributed by atoms with Gasteiger partial charge in [0.25, 0.3) is 5.91 Å². The number of anilines is 1. The number of hydrogen-bond acceptors (Lipinski definition) is 5. The predicted octanol–water partition coefficient (Wildman–Crippen LogP) is 2.86. The SMILES string of the molecule is C=Cc1ccccc1CC(=O)Nc1ccnc(C(=O)NC(C=C)(C=N)C=N)c1. The fraction of sp³-hybridized carbons (Fsp3) is 0.0952. The second-order valence-corrected chi connectivity index (χ2v) is 5.94. The summed E-state index contributed by atoms with van der Waals surface area (Å²) in [5.41, 5.74) is 0.794. The van der Waals surface area contributed by atoms with Crippen LogP contribution in [0.15, 0.2) is 61.8 Å². The van der Waals surface area contributed by atoms with Crippen molar-refractivity contribution >= 4 is 36.0 Å². The highest BCUT2D eigenvalue weighted by Crippen LogP contribution is 2.14. The molecule has 0 radical (unpaired) electrons. The summed E-state index contributed by atoms with van der Waals surface area (Å²) in [6.07, 6.45) is 6.31. The molecule has 0 aliphatic carbocycles. The Morgan fingerprint density at radius 2 is 1.86 bits per heavy atom. The summed E-state index contributed by atoms with van der Waals surface area (Å²) < 4.78 is 0. The lowest BCUT2D eigenvalue weighted by Gasteiger charge is -2.21. The number of carbonyl (C=O) groups is 2. The van der Waals surface area contributed by atoms with Crippen LogP contribution < -0.4 is 10.6 Å². The highest BCUT2D eigenvalue weighted by Gasteiger charge is 2.24. The van der Waals surface area contributed by atoms with Gasteiger partial charge < -0.3 is 21.5 Å². The van der Waals surface area contributed by atoms with Crippen molar-refractivity contribution in [2.75, 3.05) is 5.32 Å². The fourth-order valence-corrected chi connectivity index (χ4v) is 2.45. The molecule has 2 amide bonds. The first kappa shape index (κ1) is 20.4. The Morgan fingerprint density at radius 1 is 1.14 bits per heavy atom. The minimum atomic E-state index is -1.38. The zero-order valence-corrected chi connectivity index (χ0v) is 15.2. The van der Waals surface area contributed by atoms with Crippen molar-refractivity contribution in [2.45, 2.75) is 12.0 Å². The van der Waals surface area contributed by atoms with Crippen LogP contribution in [0.3, 0.4) is 0 Å². The molecule has 0 bridgehead atoms. The lowest BCUT2D eigenvalue weighted by molar-refractivity contribution is -0.115. The summed E-state index contributed by atoms with van der Waals surface area (Å²) in [4.78, 5) is 28.7. The van der Waals surface area contributed by atoms with E-state index in [1.807, 2.05) is 24.3 Å². The lowest BCUT2D eigenvalue weighted by atomic mass is 10.0. The van der Waals surface area contributed by atoms with Crippen LogP contribution in [0, 0.1) is 10.8 Å². The Kier molecular flexibility index (Phi) is 6.70. The summed E-state index contributed by atoms with van der Waals surface area (Å²) in [5, 5.41) is 20.0. The van der Waals surface area contributed by atoms with Crippen LogP contribution in [0.25, 0.3) is 6.08 Å². The summed E-state index contributed by atoms with van der Waals surface area (Å²) in [6.45, 7) is 7.27. The van der Waals surface area contributed by atoms with E-state index in [0.29, 0.717) is 5.69 Å². The summed E-state index contributed by atoms with van der Waals surface area (Å²) >= 11 is 0. The van der Waals surface area contributed by atoms with Gasteiger partial charge in [-0.1, -0.05) is 49.6 Å². The Balaban J connectivity index is 2.12. The monoisotopic (exact) mass is 375 g/mol. The maximum atomic E-state index is 12.4. The maximum absolute atomic E-state index is 12.4. The average Bonchev–Trinajstić information content (AvgIpc) is 2.72. The van der Waals surface area contributed by atoms with Crippen molar-refractivity contribution in [2.24, 2.45) is 0 Å². The molecule has 1 heterocycles. The average molecular weight is 375 g/mol. The number of benzene rings is 1. The van der Waals surface area contributed by atoms with Crippen LogP contribution in [-0.2, 0) is 11.2 Å². The van der Waals surface area contributed by atoms with Gasteiger partial charge in [-0.3, -0.25) is 14.6 Å². The van der Waals surface area contributed by atoms with Gasteiger partial charge in [-0.05, 0) is 23.3 Å². The first-order chi connectivity index (χ1) is 13.5. The molecule has 4 N–H and O–H groups in total. The van der Waals surface area contributed by atoms with Crippen LogP contribution in [-0.4, -0.2) is 34.8 Å². The van der Waals surface area contributed by atoms with E-state index in [1.54, 1.807) is 12.1 Å². The van der Waals surface area contributed by atoms with Crippen LogP contribution in [0.5, 0.6) is 0 Å². The minimum Gasteiger partial charge on any atom is -0.332 e. The first-order valence-electron chi connectivity index (χ1n) is 8.42. The van der Waals surface area contributed by atoms with Crippen molar-refractivity contribution < 1.29 is 9.59 Å². The third kappa shape index (κ3) is 4.85. The molecule has 2 rings (SSSR count). The van der Waals surface area contributed by atoms with E-state index in [-0.39, 0.29) is 18.0 Å². The van der Waals surface area contributed by atoms with Crippen molar-refractivity contribution in [3.8, 4) is 0 Å². The zero-order chi connectivity index (χ0) is 20.6. The van der Waals surface area contributed by atoms with Crippen LogP contribution >= 0.6 is 0 Å². The number of pyridine rings is 1. The van der Waals surface area contributed by atoms with E-state index in [1.165, 1.54) is 18.3 Å². The molecule has 0 aliphatic rings. The maximum Gasteiger partial charge on any atom is 0.271 e. The van der Waals surface area contributed by atoms with E-state index in [2.05, 4.69) is 28.8 Å². The molecule has 142 valence electrons. The molecule has 1 aromatic heterocycles.